The Labute approximate surface area is 181 Å². The van der Waals surface area contributed by atoms with Crippen LogP contribution in [0, 0.1) is 34.5 Å². The van der Waals surface area contributed by atoms with E-state index in [0.29, 0.717) is 22.8 Å². The Balaban J connectivity index is 1.35. The number of aliphatic hydroxyl groups excluding tert-OH is 1. The van der Waals surface area contributed by atoms with Crippen molar-refractivity contribution in [3.63, 3.8) is 0 Å². The van der Waals surface area contributed by atoms with Gasteiger partial charge in [0.05, 0.1) is 17.8 Å². The fourth-order valence-corrected chi connectivity index (χ4v) is 8.79. The summed E-state index contributed by atoms with van der Waals surface area (Å²) in [6.07, 6.45) is 10.7. The Morgan fingerprint density at radius 1 is 1.07 bits per heavy atom. The van der Waals surface area contributed by atoms with Gasteiger partial charge in [-0.15, -0.1) is 0 Å². The molecule has 1 heterocycles. The first-order valence-corrected chi connectivity index (χ1v) is 12.2. The smallest absolute Gasteiger partial charge is 0.0615 e. The largest absolute Gasteiger partial charge is 0.393 e. The van der Waals surface area contributed by atoms with E-state index in [-0.39, 0.29) is 6.10 Å². The van der Waals surface area contributed by atoms with Gasteiger partial charge < -0.3 is 5.11 Å². The van der Waals surface area contributed by atoms with Crippen LogP contribution in [0.25, 0.3) is 0 Å². The van der Waals surface area contributed by atoms with Crippen LogP contribution in [-0.4, -0.2) is 23.0 Å². The van der Waals surface area contributed by atoms with Crippen molar-refractivity contribution in [1.82, 2.24) is 0 Å². The molecule has 1 aliphatic heterocycles. The van der Waals surface area contributed by atoms with Crippen molar-refractivity contribution in [3.05, 3.63) is 42.0 Å². The molecule has 30 heavy (non-hydrogen) atoms. The van der Waals surface area contributed by atoms with E-state index in [9.17, 15) is 5.11 Å². The number of hydrogen-bond donors (Lipinski definition) is 1. The number of rotatable bonds is 1. The van der Waals surface area contributed by atoms with Crippen molar-refractivity contribution >= 4 is 11.4 Å². The third-order valence-corrected chi connectivity index (χ3v) is 10.2. The monoisotopic (exact) mass is 404 g/mol. The standard InChI is InChI=1S/C27H36N2O/c1-17-25-24(29(28-17)19-7-5-4-6-8-19)16-23-21-10-9-18-15-20(30)11-13-26(18,2)22(21)12-14-27(23,25)3/h4-9,20-25,30H,10-16H2,1-3H3/t20-,21+,22-,23-,24+,25+,26-,27-/m0/s1. The molecule has 8 atom stereocenters. The van der Waals surface area contributed by atoms with Crippen LogP contribution in [0.3, 0.4) is 0 Å². The molecule has 160 valence electrons. The average Bonchev–Trinajstić information content (AvgIpc) is 3.24. The molecule has 0 unspecified atom stereocenters. The van der Waals surface area contributed by atoms with E-state index in [1.54, 1.807) is 5.57 Å². The Bertz CT molecular complexity index is 907. The molecule has 0 spiro atoms. The molecular formula is C27H36N2O. The zero-order chi connectivity index (χ0) is 20.7. The number of hydrazone groups is 1. The quantitative estimate of drug-likeness (QED) is 0.600. The van der Waals surface area contributed by atoms with Gasteiger partial charge in [-0.3, -0.25) is 5.01 Å². The highest BCUT2D eigenvalue weighted by Crippen LogP contribution is 2.67. The van der Waals surface area contributed by atoms with Gasteiger partial charge in [0, 0.05) is 11.6 Å². The van der Waals surface area contributed by atoms with Crippen LogP contribution >= 0.6 is 0 Å². The second-order valence-corrected chi connectivity index (χ2v) is 11.4. The number of para-hydroxylation sites is 1. The lowest BCUT2D eigenvalue weighted by atomic mass is 9.47. The van der Waals surface area contributed by atoms with Gasteiger partial charge in [-0.25, -0.2) is 0 Å². The van der Waals surface area contributed by atoms with Crippen LogP contribution in [0.2, 0.25) is 0 Å². The highest BCUT2D eigenvalue weighted by molar-refractivity contribution is 5.90. The summed E-state index contributed by atoms with van der Waals surface area (Å²) in [5.41, 5.74) is 4.88. The predicted octanol–water partition coefficient (Wildman–Crippen LogP) is 5.80. The van der Waals surface area contributed by atoms with Crippen LogP contribution in [-0.2, 0) is 0 Å². The highest BCUT2D eigenvalue weighted by atomic mass is 16.3. The summed E-state index contributed by atoms with van der Waals surface area (Å²) in [7, 11) is 0. The van der Waals surface area contributed by atoms with Crippen LogP contribution in [0.5, 0.6) is 0 Å². The minimum absolute atomic E-state index is 0.112. The van der Waals surface area contributed by atoms with Crippen LogP contribution in [0.4, 0.5) is 5.69 Å². The van der Waals surface area contributed by atoms with Crippen molar-refractivity contribution in [2.24, 2.45) is 39.6 Å². The third-order valence-electron chi connectivity index (χ3n) is 10.2. The van der Waals surface area contributed by atoms with E-state index in [1.165, 1.54) is 43.5 Å². The molecule has 1 aromatic carbocycles. The maximum atomic E-state index is 10.3. The SMILES string of the molecule is CC1=NN(c2ccccc2)[C@@H]2C[C@H]3[C@@H]4CC=C5C[C@@H](O)CC[C@]5(C)[C@H]4CC[C@]3(C)[C@H]12. The van der Waals surface area contributed by atoms with Gasteiger partial charge in [-0.05, 0) is 92.6 Å². The maximum absolute atomic E-state index is 10.3. The molecule has 6 rings (SSSR count). The fourth-order valence-electron chi connectivity index (χ4n) is 8.79. The summed E-state index contributed by atoms with van der Waals surface area (Å²) >= 11 is 0. The number of benzene rings is 1. The van der Waals surface area contributed by atoms with Crippen LogP contribution in [0.1, 0.15) is 65.7 Å². The molecule has 1 aromatic rings. The molecule has 3 heteroatoms. The Morgan fingerprint density at radius 2 is 1.87 bits per heavy atom. The van der Waals surface area contributed by atoms with Gasteiger partial charge in [0.15, 0.2) is 0 Å². The minimum atomic E-state index is -0.112. The fraction of sp³-hybridized carbons (Fsp3) is 0.667. The van der Waals surface area contributed by atoms with E-state index >= 15 is 0 Å². The lowest BCUT2D eigenvalue weighted by Gasteiger charge is -2.57. The number of hydrogen-bond acceptors (Lipinski definition) is 3. The first-order valence-electron chi connectivity index (χ1n) is 12.2. The van der Waals surface area contributed by atoms with Gasteiger partial charge in [0.2, 0.25) is 0 Å². The van der Waals surface area contributed by atoms with Crippen molar-refractivity contribution in [2.45, 2.75) is 77.9 Å². The number of nitrogens with zero attached hydrogens (tertiary/aromatic N) is 2. The van der Waals surface area contributed by atoms with Gasteiger partial charge in [-0.1, -0.05) is 43.7 Å². The topological polar surface area (TPSA) is 35.8 Å². The van der Waals surface area contributed by atoms with Crippen LogP contribution in [0.15, 0.2) is 47.1 Å². The molecule has 0 saturated heterocycles. The molecular weight excluding hydrogens is 368 g/mol. The summed E-state index contributed by atoms with van der Waals surface area (Å²) in [6.45, 7) is 7.41. The maximum Gasteiger partial charge on any atom is 0.0615 e. The summed E-state index contributed by atoms with van der Waals surface area (Å²) in [5, 5.41) is 17.7. The average molecular weight is 405 g/mol. The molecule has 3 saturated carbocycles. The van der Waals surface area contributed by atoms with E-state index in [4.69, 9.17) is 5.10 Å². The molecule has 0 bridgehead atoms. The molecule has 0 amide bonds. The van der Waals surface area contributed by atoms with E-state index < -0.39 is 0 Å². The summed E-state index contributed by atoms with van der Waals surface area (Å²) in [6, 6.07) is 11.3. The molecule has 0 radical (unpaired) electrons. The number of fused-ring (bicyclic) bond motifs is 7. The van der Waals surface area contributed by atoms with Crippen molar-refractivity contribution in [3.8, 4) is 0 Å². The highest BCUT2D eigenvalue weighted by Gasteiger charge is 2.63. The predicted molar refractivity (Wildman–Crippen MR) is 122 cm³/mol. The van der Waals surface area contributed by atoms with E-state index in [1.807, 2.05) is 0 Å². The van der Waals surface area contributed by atoms with Gasteiger partial charge in [-0.2, -0.15) is 5.10 Å². The Hall–Kier alpha value is -1.61. The number of allylic oxidation sites excluding steroid dienone is 1. The Morgan fingerprint density at radius 3 is 2.67 bits per heavy atom. The lowest BCUT2D eigenvalue weighted by molar-refractivity contribution is -0.0422. The van der Waals surface area contributed by atoms with Crippen molar-refractivity contribution in [2.75, 3.05) is 5.01 Å². The lowest BCUT2D eigenvalue weighted by Crippen LogP contribution is -2.50. The van der Waals surface area contributed by atoms with Crippen molar-refractivity contribution < 1.29 is 5.11 Å². The third kappa shape index (κ3) is 2.45. The zero-order valence-corrected chi connectivity index (χ0v) is 18.7. The second-order valence-electron chi connectivity index (χ2n) is 11.4. The molecule has 5 aliphatic rings. The number of anilines is 1. The van der Waals surface area contributed by atoms with Gasteiger partial charge >= 0.3 is 0 Å². The summed E-state index contributed by atoms with van der Waals surface area (Å²) in [5.74, 6) is 2.97. The molecule has 3 fully saturated rings. The first kappa shape index (κ1) is 19.1. The molecule has 4 aliphatic carbocycles. The molecule has 0 aromatic heterocycles. The Kier molecular flexibility index (Phi) is 4.11. The summed E-state index contributed by atoms with van der Waals surface area (Å²) in [4.78, 5) is 0. The van der Waals surface area contributed by atoms with E-state index in [0.717, 1.165) is 30.6 Å². The number of aliphatic hydroxyl groups is 1. The molecule has 1 N–H and O–H groups in total. The van der Waals surface area contributed by atoms with E-state index in [2.05, 4.69) is 62.2 Å². The normalized spacial score (nSPS) is 47.0. The first-order chi connectivity index (χ1) is 14.4. The zero-order valence-electron chi connectivity index (χ0n) is 18.7. The molecule has 3 nitrogen and oxygen atoms in total. The van der Waals surface area contributed by atoms with Gasteiger partial charge in [0.1, 0.15) is 0 Å². The van der Waals surface area contributed by atoms with Crippen molar-refractivity contribution in [1.29, 1.82) is 0 Å². The van der Waals surface area contributed by atoms with Gasteiger partial charge in [0.25, 0.3) is 0 Å². The van der Waals surface area contributed by atoms with Crippen LogP contribution < -0.4 is 5.01 Å². The second kappa shape index (κ2) is 6.45. The minimum Gasteiger partial charge on any atom is -0.393 e. The summed E-state index contributed by atoms with van der Waals surface area (Å²) < 4.78 is 0.